The number of halogens is 1. The van der Waals surface area contributed by atoms with E-state index < -0.39 is 12.1 Å². The lowest BCUT2D eigenvalue weighted by molar-refractivity contribution is -0.119. The number of rotatable bonds is 7. The van der Waals surface area contributed by atoms with Gasteiger partial charge < -0.3 is 10.6 Å². The van der Waals surface area contributed by atoms with Crippen LogP contribution in [0.4, 0.5) is 15.6 Å². The van der Waals surface area contributed by atoms with Crippen molar-refractivity contribution in [3.8, 4) is 10.6 Å². The van der Waals surface area contributed by atoms with Crippen LogP contribution in [0.15, 0.2) is 48.5 Å². The summed E-state index contributed by atoms with van der Waals surface area (Å²) in [6, 6.07) is 13.5. The molecule has 0 saturated heterocycles. The Kier molecular flexibility index (Phi) is 7.59. The van der Waals surface area contributed by atoms with Gasteiger partial charge in [-0.3, -0.25) is 10.1 Å². The van der Waals surface area contributed by atoms with Gasteiger partial charge in [-0.15, -0.1) is 10.2 Å². The summed E-state index contributed by atoms with van der Waals surface area (Å²) in [6.07, 6.45) is 0.717. The quantitative estimate of drug-likeness (QED) is 0.446. The monoisotopic (exact) mass is 457 g/mol. The minimum absolute atomic E-state index is 0.0775. The number of aryl methyl sites for hydroxylation is 1. The molecule has 2 aromatic carbocycles. The lowest BCUT2D eigenvalue weighted by atomic mass is 9.98. The third-order valence-corrected chi connectivity index (χ3v) is 6.06. The first-order valence-electron chi connectivity index (χ1n) is 9.90. The SMILES string of the molecule is CC[C@@H](C)[C@H](NC(=O)Nc1ccccc1C)C(=O)Nc1nnc(-c2ccc(Cl)cc2)s1. The molecule has 3 amide bonds. The van der Waals surface area contributed by atoms with Crippen LogP contribution in [0.25, 0.3) is 10.6 Å². The molecule has 0 radical (unpaired) electrons. The van der Waals surface area contributed by atoms with Crippen LogP contribution in [0.3, 0.4) is 0 Å². The van der Waals surface area contributed by atoms with Gasteiger partial charge in [0, 0.05) is 16.3 Å². The van der Waals surface area contributed by atoms with Crippen LogP contribution in [0.5, 0.6) is 0 Å². The summed E-state index contributed by atoms with van der Waals surface area (Å²) in [6.45, 7) is 5.79. The van der Waals surface area contributed by atoms with Crippen molar-refractivity contribution in [1.29, 1.82) is 0 Å². The van der Waals surface area contributed by atoms with E-state index in [9.17, 15) is 9.59 Å². The van der Waals surface area contributed by atoms with Gasteiger partial charge in [-0.1, -0.05) is 73.5 Å². The first kappa shape index (κ1) is 22.7. The Bertz CT molecular complexity index is 1050. The van der Waals surface area contributed by atoms with E-state index >= 15 is 0 Å². The number of nitrogens with zero attached hydrogens (tertiary/aromatic N) is 2. The molecular weight excluding hydrogens is 434 g/mol. The van der Waals surface area contributed by atoms with Crippen molar-refractivity contribution >= 4 is 45.7 Å². The summed E-state index contributed by atoms with van der Waals surface area (Å²) in [4.78, 5) is 25.5. The van der Waals surface area contributed by atoms with E-state index in [1.807, 2.05) is 57.2 Å². The molecule has 2 atom stereocenters. The maximum absolute atomic E-state index is 12.9. The third-order valence-electron chi connectivity index (χ3n) is 4.92. The Morgan fingerprint density at radius 2 is 1.77 bits per heavy atom. The molecule has 3 N–H and O–H groups in total. The number of aromatic nitrogens is 2. The van der Waals surface area contributed by atoms with Gasteiger partial charge in [0.15, 0.2) is 0 Å². The number of benzene rings is 2. The molecule has 0 aliphatic rings. The molecule has 7 nitrogen and oxygen atoms in total. The fraction of sp³-hybridized carbons (Fsp3) is 0.273. The number of amides is 3. The Balaban J connectivity index is 1.68. The smallest absolute Gasteiger partial charge is 0.319 e. The molecule has 0 saturated carbocycles. The summed E-state index contributed by atoms with van der Waals surface area (Å²) in [5.74, 6) is -0.417. The summed E-state index contributed by atoms with van der Waals surface area (Å²) in [7, 11) is 0. The van der Waals surface area contributed by atoms with E-state index in [1.54, 1.807) is 12.1 Å². The summed E-state index contributed by atoms with van der Waals surface area (Å²) < 4.78 is 0. The number of carbonyl (C=O) groups excluding carboxylic acids is 2. The van der Waals surface area contributed by atoms with E-state index in [4.69, 9.17) is 11.6 Å². The van der Waals surface area contributed by atoms with Crippen molar-refractivity contribution in [2.24, 2.45) is 5.92 Å². The molecule has 1 aromatic heterocycles. The standard InChI is InChI=1S/C22H24ClN5O2S/c1-4-13(2)18(25-21(30)24-17-8-6-5-7-14(17)3)19(29)26-22-28-27-20(31-22)15-9-11-16(23)12-10-15/h5-13,18H,4H2,1-3H3,(H2,24,25,30)(H,26,28,29)/t13-,18+/m1/s1. The molecule has 162 valence electrons. The van der Waals surface area contributed by atoms with E-state index in [-0.39, 0.29) is 11.8 Å². The maximum atomic E-state index is 12.9. The number of anilines is 2. The van der Waals surface area contributed by atoms with Crippen LogP contribution in [0.1, 0.15) is 25.8 Å². The molecule has 3 rings (SSSR count). The highest BCUT2D eigenvalue weighted by atomic mass is 35.5. The van der Waals surface area contributed by atoms with E-state index in [2.05, 4.69) is 26.1 Å². The van der Waals surface area contributed by atoms with Crippen LogP contribution in [-0.2, 0) is 4.79 Å². The lowest BCUT2D eigenvalue weighted by Crippen LogP contribution is -2.49. The van der Waals surface area contributed by atoms with Gasteiger partial charge in [0.2, 0.25) is 11.0 Å². The molecule has 0 bridgehead atoms. The van der Waals surface area contributed by atoms with Crippen molar-refractivity contribution in [3.05, 3.63) is 59.1 Å². The normalized spacial score (nSPS) is 12.6. The second-order valence-electron chi connectivity index (χ2n) is 7.19. The Labute approximate surface area is 190 Å². The van der Waals surface area contributed by atoms with Crippen molar-refractivity contribution in [1.82, 2.24) is 15.5 Å². The van der Waals surface area contributed by atoms with Crippen molar-refractivity contribution < 1.29 is 9.59 Å². The number of para-hydroxylation sites is 1. The van der Waals surface area contributed by atoms with Gasteiger partial charge in [-0.2, -0.15) is 0 Å². The average Bonchev–Trinajstić information content (AvgIpc) is 3.22. The molecule has 0 aliphatic heterocycles. The third kappa shape index (κ3) is 6.02. The average molecular weight is 458 g/mol. The zero-order valence-electron chi connectivity index (χ0n) is 17.5. The highest BCUT2D eigenvalue weighted by Gasteiger charge is 2.27. The van der Waals surface area contributed by atoms with Gasteiger partial charge in [0.25, 0.3) is 0 Å². The summed E-state index contributed by atoms with van der Waals surface area (Å²) in [5.41, 5.74) is 2.49. The van der Waals surface area contributed by atoms with Crippen LogP contribution in [0.2, 0.25) is 5.02 Å². The van der Waals surface area contributed by atoms with Crippen LogP contribution in [-0.4, -0.2) is 28.2 Å². The molecule has 3 aromatic rings. The van der Waals surface area contributed by atoms with Gasteiger partial charge in [0.1, 0.15) is 11.0 Å². The Hall–Kier alpha value is -2.97. The van der Waals surface area contributed by atoms with Gasteiger partial charge >= 0.3 is 6.03 Å². The fourth-order valence-electron chi connectivity index (χ4n) is 2.88. The van der Waals surface area contributed by atoms with Crippen molar-refractivity contribution in [2.45, 2.75) is 33.2 Å². The number of carbonyl (C=O) groups is 2. The number of hydrogen-bond acceptors (Lipinski definition) is 5. The van der Waals surface area contributed by atoms with Crippen molar-refractivity contribution in [2.75, 3.05) is 10.6 Å². The van der Waals surface area contributed by atoms with E-state index in [0.717, 1.165) is 17.5 Å². The first-order chi connectivity index (χ1) is 14.9. The largest absolute Gasteiger partial charge is 0.326 e. The summed E-state index contributed by atoms with van der Waals surface area (Å²) >= 11 is 7.18. The second-order valence-corrected chi connectivity index (χ2v) is 8.60. The van der Waals surface area contributed by atoms with Crippen LogP contribution in [0, 0.1) is 12.8 Å². The van der Waals surface area contributed by atoms with Gasteiger partial charge in [-0.05, 0) is 36.6 Å². The number of nitrogens with one attached hydrogen (secondary N) is 3. The molecule has 0 spiro atoms. The number of urea groups is 1. The van der Waals surface area contributed by atoms with Gasteiger partial charge in [0.05, 0.1) is 0 Å². The van der Waals surface area contributed by atoms with Crippen LogP contribution >= 0.6 is 22.9 Å². The van der Waals surface area contributed by atoms with Crippen LogP contribution < -0.4 is 16.0 Å². The van der Waals surface area contributed by atoms with E-state index in [0.29, 0.717) is 20.8 Å². The highest BCUT2D eigenvalue weighted by molar-refractivity contribution is 7.18. The topological polar surface area (TPSA) is 96.0 Å². The molecule has 31 heavy (non-hydrogen) atoms. The minimum Gasteiger partial charge on any atom is -0.326 e. The minimum atomic E-state index is -0.725. The molecule has 0 aliphatic carbocycles. The maximum Gasteiger partial charge on any atom is 0.319 e. The van der Waals surface area contributed by atoms with Gasteiger partial charge in [-0.25, -0.2) is 4.79 Å². The zero-order valence-corrected chi connectivity index (χ0v) is 19.1. The molecule has 0 unspecified atom stereocenters. The van der Waals surface area contributed by atoms with E-state index in [1.165, 1.54) is 11.3 Å². The number of hydrogen-bond donors (Lipinski definition) is 3. The molecular formula is C22H24ClN5O2S. The highest BCUT2D eigenvalue weighted by Crippen LogP contribution is 2.27. The zero-order chi connectivity index (χ0) is 22.4. The fourth-order valence-corrected chi connectivity index (χ4v) is 3.76. The predicted molar refractivity (Wildman–Crippen MR) is 126 cm³/mol. The lowest BCUT2D eigenvalue weighted by Gasteiger charge is -2.23. The second kappa shape index (κ2) is 10.4. The molecule has 9 heteroatoms. The first-order valence-corrected chi connectivity index (χ1v) is 11.1. The van der Waals surface area contributed by atoms with Crippen molar-refractivity contribution in [3.63, 3.8) is 0 Å². The Morgan fingerprint density at radius 3 is 2.45 bits per heavy atom. The Morgan fingerprint density at radius 1 is 1.06 bits per heavy atom. The predicted octanol–water partition coefficient (Wildman–Crippen LogP) is 5.34. The molecule has 1 heterocycles. The molecule has 0 fully saturated rings. The summed E-state index contributed by atoms with van der Waals surface area (Å²) in [5, 5.41) is 18.2.